The average Bonchev–Trinajstić information content (AvgIpc) is 2.82. The van der Waals surface area contributed by atoms with Crippen LogP contribution in [-0.2, 0) is 10.0 Å². The first-order chi connectivity index (χ1) is 9.01. The highest BCUT2D eigenvalue weighted by molar-refractivity contribution is 7.89. The fourth-order valence-electron chi connectivity index (χ4n) is 2.22. The molecule has 1 aliphatic rings. The van der Waals surface area contributed by atoms with Crippen molar-refractivity contribution in [1.82, 2.24) is 14.6 Å². The van der Waals surface area contributed by atoms with Crippen molar-refractivity contribution in [2.75, 3.05) is 39.0 Å². The molecule has 1 fully saturated rings. The molecule has 0 saturated carbocycles. The number of nitrogens with zero attached hydrogens (tertiary/aromatic N) is 2. The number of aromatic nitrogens is 1. The molecule has 1 saturated heterocycles. The van der Waals surface area contributed by atoms with Crippen molar-refractivity contribution >= 4 is 15.8 Å². The first-order valence-electron chi connectivity index (χ1n) is 6.33. The lowest BCUT2D eigenvalue weighted by Gasteiger charge is -2.12. The van der Waals surface area contributed by atoms with Crippen molar-refractivity contribution in [2.24, 2.45) is 5.92 Å². The molecule has 1 unspecified atom stereocenters. The van der Waals surface area contributed by atoms with Gasteiger partial charge in [-0.3, -0.25) is 0 Å². The van der Waals surface area contributed by atoms with E-state index in [2.05, 4.69) is 27.0 Å². The molecule has 0 radical (unpaired) electrons. The molecule has 1 aliphatic heterocycles. The SMILES string of the molecule is CNc1cc(S(=O)(=O)NCC2CCN(C)C2)ccn1. The van der Waals surface area contributed by atoms with Crippen LogP contribution < -0.4 is 10.0 Å². The summed E-state index contributed by atoms with van der Waals surface area (Å²) in [5, 5.41) is 2.83. The van der Waals surface area contributed by atoms with Crippen molar-refractivity contribution in [2.45, 2.75) is 11.3 Å². The van der Waals surface area contributed by atoms with Crippen LogP contribution in [0, 0.1) is 5.92 Å². The van der Waals surface area contributed by atoms with Gasteiger partial charge in [0.15, 0.2) is 0 Å². The summed E-state index contributed by atoms with van der Waals surface area (Å²) in [5.41, 5.74) is 0. The Morgan fingerprint density at radius 1 is 1.53 bits per heavy atom. The maximum absolute atomic E-state index is 12.2. The highest BCUT2D eigenvalue weighted by Gasteiger charge is 2.22. The van der Waals surface area contributed by atoms with Crippen molar-refractivity contribution in [3.63, 3.8) is 0 Å². The summed E-state index contributed by atoms with van der Waals surface area (Å²) >= 11 is 0. The van der Waals surface area contributed by atoms with Crippen LogP contribution in [0.1, 0.15) is 6.42 Å². The van der Waals surface area contributed by atoms with Crippen LogP contribution in [0.15, 0.2) is 23.2 Å². The smallest absolute Gasteiger partial charge is 0.240 e. The Balaban J connectivity index is 2.01. The molecule has 1 aromatic heterocycles. The number of anilines is 1. The quantitative estimate of drug-likeness (QED) is 0.816. The molecule has 7 heteroatoms. The summed E-state index contributed by atoms with van der Waals surface area (Å²) in [6.07, 6.45) is 2.53. The molecule has 2 rings (SSSR count). The van der Waals surface area contributed by atoms with Gasteiger partial charge in [-0.1, -0.05) is 0 Å². The minimum Gasteiger partial charge on any atom is -0.373 e. The zero-order valence-corrected chi connectivity index (χ0v) is 12.1. The van der Waals surface area contributed by atoms with E-state index in [4.69, 9.17) is 0 Å². The van der Waals surface area contributed by atoms with Gasteiger partial charge >= 0.3 is 0 Å². The van der Waals surface area contributed by atoms with Crippen LogP contribution in [-0.4, -0.2) is 52.0 Å². The van der Waals surface area contributed by atoms with Gasteiger partial charge in [-0.25, -0.2) is 18.1 Å². The fourth-order valence-corrected chi connectivity index (χ4v) is 3.35. The van der Waals surface area contributed by atoms with Crippen LogP contribution in [0.3, 0.4) is 0 Å². The molecule has 1 aromatic rings. The summed E-state index contributed by atoms with van der Waals surface area (Å²) in [4.78, 5) is 6.47. The maximum atomic E-state index is 12.2. The second-order valence-electron chi connectivity index (χ2n) is 4.90. The number of nitrogens with one attached hydrogen (secondary N) is 2. The lowest BCUT2D eigenvalue weighted by atomic mass is 10.1. The molecule has 0 spiro atoms. The molecule has 2 N–H and O–H groups in total. The number of pyridine rings is 1. The van der Waals surface area contributed by atoms with E-state index in [1.807, 2.05) is 0 Å². The minimum atomic E-state index is -3.45. The number of hydrogen-bond acceptors (Lipinski definition) is 5. The summed E-state index contributed by atoms with van der Waals surface area (Å²) in [7, 11) is 0.315. The molecule has 6 nitrogen and oxygen atoms in total. The van der Waals surface area contributed by atoms with Gasteiger partial charge in [-0.2, -0.15) is 0 Å². The lowest BCUT2D eigenvalue weighted by Crippen LogP contribution is -2.30. The summed E-state index contributed by atoms with van der Waals surface area (Å²) in [6, 6.07) is 3.03. The Hall–Kier alpha value is -1.18. The second kappa shape index (κ2) is 5.85. The molecule has 0 aromatic carbocycles. The van der Waals surface area contributed by atoms with Crippen molar-refractivity contribution in [1.29, 1.82) is 0 Å². The van der Waals surface area contributed by atoms with Crippen LogP contribution in [0.25, 0.3) is 0 Å². The number of hydrogen-bond donors (Lipinski definition) is 2. The number of sulfonamides is 1. The Bertz CT molecular complexity index is 532. The molecule has 2 heterocycles. The largest absolute Gasteiger partial charge is 0.373 e. The number of likely N-dealkylation sites (tertiary alicyclic amines) is 1. The van der Waals surface area contributed by atoms with Crippen molar-refractivity contribution < 1.29 is 8.42 Å². The van der Waals surface area contributed by atoms with E-state index in [1.165, 1.54) is 18.3 Å². The Kier molecular flexibility index (Phi) is 4.38. The van der Waals surface area contributed by atoms with Crippen LogP contribution in [0.5, 0.6) is 0 Å². The molecule has 0 aliphatic carbocycles. The summed E-state index contributed by atoms with van der Waals surface area (Å²) < 4.78 is 27.0. The summed E-state index contributed by atoms with van der Waals surface area (Å²) in [6.45, 7) is 2.47. The van der Waals surface area contributed by atoms with Crippen LogP contribution in [0.4, 0.5) is 5.82 Å². The molecule has 1 atom stereocenters. The third kappa shape index (κ3) is 3.65. The van der Waals surface area contributed by atoms with Gasteiger partial charge in [0.05, 0.1) is 4.90 Å². The van der Waals surface area contributed by atoms with Gasteiger partial charge in [0.1, 0.15) is 5.82 Å². The zero-order valence-electron chi connectivity index (χ0n) is 11.3. The summed E-state index contributed by atoms with van der Waals surface area (Å²) in [5.74, 6) is 0.939. The van der Waals surface area contributed by atoms with E-state index in [-0.39, 0.29) is 4.90 Å². The van der Waals surface area contributed by atoms with Crippen LogP contribution in [0.2, 0.25) is 0 Å². The molecule has 19 heavy (non-hydrogen) atoms. The van der Waals surface area contributed by atoms with E-state index in [1.54, 1.807) is 7.05 Å². The zero-order chi connectivity index (χ0) is 13.9. The first kappa shape index (κ1) is 14.2. The average molecular weight is 284 g/mol. The van der Waals surface area contributed by atoms with E-state index >= 15 is 0 Å². The molecular formula is C12H20N4O2S. The van der Waals surface area contributed by atoms with Crippen molar-refractivity contribution in [3.05, 3.63) is 18.3 Å². The third-order valence-electron chi connectivity index (χ3n) is 3.35. The molecule has 0 bridgehead atoms. The Morgan fingerprint density at radius 2 is 2.32 bits per heavy atom. The second-order valence-corrected chi connectivity index (χ2v) is 6.66. The monoisotopic (exact) mass is 284 g/mol. The minimum absolute atomic E-state index is 0.248. The van der Waals surface area contributed by atoms with Crippen LogP contribution >= 0.6 is 0 Å². The predicted molar refractivity (Wildman–Crippen MR) is 74.6 cm³/mol. The Morgan fingerprint density at radius 3 is 2.95 bits per heavy atom. The van der Waals surface area contributed by atoms with Gasteiger partial charge in [0, 0.05) is 32.4 Å². The highest BCUT2D eigenvalue weighted by Crippen LogP contribution is 2.16. The first-order valence-corrected chi connectivity index (χ1v) is 7.81. The van der Waals surface area contributed by atoms with E-state index in [0.717, 1.165) is 19.5 Å². The molecule has 106 valence electrons. The van der Waals surface area contributed by atoms with Gasteiger partial charge < -0.3 is 10.2 Å². The van der Waals surface area contributed by atoms with Crippen molar-refractivity contribution in [3.8, 4) is 0 Å². The standard InChI is InChI=1S/C12H20N4O2S/c1-13-12-7-11(3-5-14-12)19(17,18)15-8-10-4-6-16(2)9-10/h3,5,7,10,15H,4,6,8-9H2,1-2H3,(H,13,14). The van der Waals surface area contributed by atoms with Gasteiger partial charge in [-0.15, -0.1) is 0 Å². The molecule has 0 amide bonds. The highest BCUT2D eigenvalue weighted by atomic mass is 32.2. The van der Waals surface area contributed by atoms with Gasteiger partial charge in [-0.05, 0) is 32.0 Å². The fraction of sp³-hybridized carbons (Fsp3) is 0.583. The van der Waals surface area contributed by atoms with Gasteiger partial charge in [0.2, 0.25) is 10.0 Å². The van der Waals surface area contributed by atoms with E-state index in [0.29, 0.717) is 18.3 Å². The lowest BCUT2D eigenvalue weighted by molar-refractivity contribution is 0.394. The topological polar surface area (TPSA) is 74.3 Å². The normalized spacial score (nSPS) is 20.6. The Labute approximate surface area is 114 Å². The van der Waals surface area contributed by atoms with E-state index in [9.17, 15) is 8.42 Å². The maximum Gasteiger partial charge on any atom is 0.240 e. The third-order valence-corrected chi connectivity index (χ3v) is 4.77. The predicted octanol–water partition coefficient (Wildman–Crippen LogP) is 0.353. The molecular weight excluding hydrogens is 264 g/mol. The van der Waals surface area contributed by atoms with Gasteiger partial charge in [0.25, 0.3) is 0 Å². The number of rotatable bonds is 5. The van der Waals surface area contributed by atoms with E-state index < -0.39 is 10.0 Å².